The van der Waals surface area contributed by atoms with Crippen LogP contribution in [-0.4, -0.2) is 43.4 Å². The molecule has 1 unspecified atom stereocenters. The first-order valence-electron chi connectivity index (χ1n) is 14.5. The van der Waals surface area contributed by atoms with Gasteiger partial charge in [0.15, 0.2) is 17.2 Å². The quantitative estimate of drug-likeness (QED) is 0.324. The van der Waals surface area contributed by atoms with Crippen molar-refractivity contribution in [1.29, 1.82) is 0 Å². The largest absolute Gasteiger partial charge is 0.508 e. The van der Waals surface area contributed by atoms with Crippen molar-refractivity contribution < 1.29 is 34.8 Å². The number of benzene rings is 2. The van der Waals surface area contributed by atoms with Crippen molar-refractivity contribution in [3.63, 3.8) is 0 Å². The second kappa shape index (κ2) is 9.14. The minimum atomic E-state index is -2.62. The van der Waals surface area contributed by atoms with Crippen LogP contribution in [0.4, 0.5) is 0 Å². The summed E-state index contributed by atoms with van der Waals surface area (Å²) in [6.45, 7) is 14.5. The molecule has 0 bridgehead atoms. The number of aromatic hydroxyl groups is 1. The second-order valence-electron chi connectivity index (χ2n) is 14.3. The number of hydrogen-bond acceptors (Lipinski definition) is 7. The average molecular weight is 573 g/mol. The lowest BCUT2D eigenvalue weighted by atomic mass is 9.43. The van der Waals surface area contributed by atoms with E-state index in [1.807, 2.05) is 31.2 Å². The van der Waals surface area contributed by atoms with Gasteiger partial charge in [0.05, 0.1) is 5.56 Å². The van der Waals surface area contributed by atoms with Crippen LogP contribution in [0.2, 0.25) is 0 Å². The van der Waals surface area contributed by atoms with E-state index in [0.29, 0.717) is 5.56 Å². The molecule has 0 aliphatic heterocycles. The Bertz CT molecular complexity index is 1620. The summed E-state index contributed by atoms with van der Waals surface area (Å²) in [6.07, 6.45) is 0.288. The predicted molar refractivity (Wildman–Crippen MR) is 160 cm³/mol. The van der Waals surface area contributed by atoms with Crippen molar-refractivity contribution >= 4 is 23.1 Å². The number of carbonyl (C=O) groups excluding carboxylic acids is 3. The zero-order chi connectivity index (χ0) is 31.3. The molecule has 0 spiro atoms. The van der Waals surface area contributed by atoms with Gasteiger partial charge in [-0.3, -0.25) is 14.4 Å². The molecule has 7 nitrogen and oxygen atoms in total. The Kier molecular flexibility index (Phi) is 6.48. The molecule has 0 heterocycles. The van der Waals surface area contributed by atoms with Crippen molar-refractivity contribution in [1.82, 2.24) is 0 Å². The van der Waals surface area contributed by atoms with Gasteiger partial charge in [0.1, 0.15) is 22.8 Å². The molecule has 0 aromatic heterocycles. The number of carbonyl (C=O) groups is 3. The third-order valence-electron chi connectivity index (χ3n) is 9.95. The number of aliphatic hydroxyl groups is 3. The molecular formula is C35H40O7. The van der Waals surface area contributed by atoms with Gasteiger partial charge in [-0.2, -0.15) is 0 Å². The molecule has 4 N–H and O–H groups in total. The number of fused-ring (bicyclic) bond motifs is 3. The SMILES string of the molecule is CC(=O)C1=C(O)[C@]2(O)C(=O)C3=C(O)c4c(O)ccc(-c5ccc(C(C)(C)C)cc5)c4C[C@]3(C)C[C@]2(C)C(C(C)C)C1=O. The van der Waals surface area contributed by atoms with E-state index >= 15 is 0 Å². The van der Waals surface area contributed by atoms with Crippen LogP contribution in [0.25, 0.3) is 16.9 Å². The lowest BCUT2D eigenvalue weighted by Crippen LogP contribution is -2.69. The third-order valence-corrected chi connectivity index (χ3v) is 9.95. The summed E-state index contributed by atoms with van der Waals surface area (Å²) in [5, 5.41) is 46.2. The molecule has 222 valence electrons. The molecule has 0 saturated heterocycles. The molecule has 3 aliphatic rings. The van der Waals surface area contributed by atoms with Crippen LogP contribution in [0.5, 0.6) is 5.75 Å². The first kappa shape index (κ1) is 29.8. The van der Waals surface area contributed by atoms with Crippen LogP contribution in [-0.2, 0) is 26.2 Å². The number of aliphatic hydroxyl groups excluding tert-OH is 2. The fraction of sp³-hybridized carbons (Fsp3) is 0.457. The highest BCUT2D eigenvalue weighted by molar-refractivity contribution is 6.24. The van der Waals surface area contributed by atoms with Gasteiger partial charge in [-0.1, -0.05) is 78.8 Å². The van der Waals surface area contributed by atoms with Gasteiger partial charge >= 0.3 is 0 Å². The predicted octanol–water partition coefficient (Wildman–Crippen LogP) is 6.15. The number of ketones is 3. The first-order valence-corrected chi connectivity index (χ1v) is 14.5. The fourth-order valence-electron chi connectivity index (χ4n) is 8.14. The van der Waals surface area contributed by atoms with E-state index in [9.17, 15) is 34.8 Å². The van der Waals surface area contributed by atoms with Gasteiger partial charge in [0.2, 0.25) is 5.78 Å². The summed E-state index contributed by atoms with van der Waals surface area (Å²) >= 11 is 0. The van der Waals surface area contributed by atoms with Gasteiger partial charge in [-0.15, -0.1) is 0 Å². The Morgan fingerprint density at radius 3 is 2.10 bits per heavy atom. The number of hydrogen-bond donors (Lipinski definition) is 4. The molecular weight excluding hydrogens is 532 g/mol. The van der Waals surface area contributed by atoms with Gasteiger partial charge in [0, 0.05) is 22.3 Å². The van der Waals surface area contributed by atoms with Crippen LogP contribution in [0, 0.1) is 22.7 Å². The summed E-state index contributed by atoms with van der Waals surface area (Å²) in [4.78, 5) is 40.6. The van der Waals surface area contributed by atoms with Crippen molar-refractivity contribution in [2.75, 3.05) is 0 Å². The Morgan fingerprint density at radius 1 is 0.976 bits per heavy atom. The summed E-state index contributed by atoms with van der Waals surface area (Å²) in [6, 6.07) is 11.4. The third kappa shape index (κ3) is 3.78. The lowest BCUT2D eigenvalue weighted by molar-refractivity contribution is -0.178. The van der Waals surface area contributed by atoms with E-state index in [1.165, 1.54) is 6.07 Å². The van der Waals surface area contributed by atoms with E-state index in [4.69, 9.17) is 0 Å². The molecule has 4 atom stereocenters. The van der Waals surface area contributed by atoms with Crippen LogP contribution < -0.4 is 0 Å². The lowest BCUT2D eigenvalue weighted by Gasteiger charge is -2.59. The van der Waals surface area contributed by atoms with Gasteiger partial charge < -0.3 is 20.4 Å². The van der Waals surface area contributed by atoms with Crippen molar-refractivity contribution in [3.05, 3.63) is 70.0 Å². The van der Waals surface area contributed by atoms with Crippen LogP contribution in [0.1, 0.15) is 78.5 Å². The monoisotopic (exact) mass is 572 g/mol. The normalized spacial score (nSPS) is 29.4. The zero-order valence-corrected chi connectivity index (χ0v) is 25.5. The number of phenolic OH excluding ortho intramolecular Hbond substituents is 1. The van der Waals surface area contributed by atoms with E-state index in [1.54, 1.807) is 26.8 Å². The smallest absolute Gasteiger partial charge is 0.203 e. The van der Waals surface area contributed by atoms with Crippen molar-refractivity contribution in [2.24, 2.45) is 22.7 Å². The van der Waals surface area contributed by atoms with Crippen LogP contribution in [0.3, 0.4) is 0 Å². The summed E-state index contributed by atoms with van der Waals surface area (Å²) in [5.74, 6) is -5.27. The van der Waals surface area contributed by atoms with E-state index in [-0.39, 0.29) is 41.1 Å². The molecule has 0 amide bonds. The molecule has 42 heavy (non-hydrogen) atoms. The number of Topliss-reactive ketones (excluding diaryl/α,β-unsaturated/α-hetero) is 3. The minimum absolute atomic E-state index is 0.0440. The molecule has 1 saturated carbocycles. The highest BCUT2D eigenvalue weighted by Gasteiger charge is 2.72. The topological polar surface area (TPSA) is 132 Å². The van der Waals surface area contributed by atoms with Crippen molar-refractivity contribution in [3.8, 4) is 16.9 Å². The number of rotatable bonds is 3. The average Bonchev–Trinajstić information content (AvgIpc) is 2.85. The van der Waals surface area contributed by atoms with Crippen LogP contribution >= 0.6 is 0 Å². The maximum absolute atomic E-state index is 14.4. The standard InChI is InChI=1S/C35H40O7/c1-17(2)26-28(38)24(18(3)36)30(40)35(42)31(41)27-29(39)25-22(15-33(27,7)16-34(26,35)8)21(13-14-23(25)37)19-9-11-20(12-10-19)32(4,5)6/h9-14,17,26,37,39-40,42H,15-16H2,1-8H3/t26?,33-,34-,35+/m1/s1. The Hall–Kier alpha value is -3.71. The number of allylic oxidation sites excluding steroid dienone is 1. The molecule has 5 rings (SSSR count). The molecule has 7 heteroatoms. The van der Waals surface area contributed by atoms with Crippen molar-refractivity contribution in [2.45, 2.75) is 79.2 Å². The summed E-state index contributed by atoms with van der Waals surface area (Å²) in [7, 11) is 0. The molecule has 0 radical (unpaired) electrons. The Labute approximate surface area is 246 Å². The second-order valence-corrected chi connectivity index (χ2v) is 14.3. The fourth-order valence-corrected chi connectivity index (χ4v) is 8.14. The Balaban J connectivity index is 1.78. The Morgan fingerprint density at radius 2 is 1.57 bits per heavy atom. The minimum Gasteiger partial charge on any atom is -0.508 e. The van der Waals surface area contributed by atoms with Gasteiger partial charge in [-0.05, 0) is 59.4 Å². The highest BCUT2D eigenvalue weighted by atomic mass is 16.3. The van der Waals surface area contributed by atoms with Gasteiger partial charge in [-0.25, -0.2) is 0 Å². The van der Waals surface area contributed by atoms with E-state index in [0.717, 1.165) is 23.6 Å². The van der Waals surface area contributed by atoms with Gasteiger partial charge in [0.25, 0.3) is 0 Å². The molecule has 3 aliphatic carbocycles. The molecule has 2 aromatic rings. The van der Waals surface area contributed by atoms with Crippen LogP contribution in [0.15, 0.2) is 53.3 Å². The highest BCUT2D eigenvalue weighted by Crippen LogP contribution is 2.65. The zero-order valence-electron chi connectivity index (χ0n) is 25.5. The molecule has 1 fully saturated rings. The van der Waals surface area contributed by atoms with E-state index < -0.39 is 56.8 Å². The van der Waals surface area contributed by atoms with E-state index in [2.05, 4.69) is 20.8 Å². The molecule has 2 aromatic carbocycles. The maximum Gasteiger partial charge on any atom is 0.203 e. The first-order chi connectivity index (χ1) is 19.3. The summed E-state index contributed by atoms with van der Waals surface area (Å²) < 4.78 is 0. The number of phenols is 1. The summed E-state index contributed by atoms with van der Waals surface area (Å²) in [5.41, 5.74) is -2.35. The maximum atomic E-state index is 14.4.